The van der Waals surface area contributed by atoms with E-state index in [-0.39, 0.29) is 17.1 Å². The van der Waals surface area contributed by atoms with E-state index in [1.165, 1.54) is 22.8 Å². The Morgan fingerprint density at radius 3 is 2.52 bits per heavy atom. The number of ether oxygens (including phenoxy) is 1. The lowest BCUT2D eigenvalue weighted by molar-refractivity contribution is -0.120. The Hall–Kier alpha value is -2.28. The van der Waals surface area contributed by atoms with Crippen LogP contribution >= 0.6 is 11.3 Å². The van der Waals surface area contributed by atoms with E-state index in [1.807, 2.05) is 0 Å². The molecule has 0 amide bonds. The van der Waals surface area contributed by atoms with E-state index in [0.29, 0.717) is 14.8 Å². The van der Waals surface area contributed by atoms with E-state index in [1.54, 1.807) is 46.0 Å². The molecule has 4 nitrogen and oxygen atoms in total. The van der Waals surface area contributed by atoms with Crippen LogP contribution in [0, 0.1) is 5.41 Å². The van der Waals surface area contributed by atoms with E-state index < -0.39 is 12.0 Å². The maximum atomic E-state index is 12.5. The summed E-state index contributed by atoms with van der Waals surface area (Å²) in [4.78, 5) is 24.5. The van der Waals surface area contributed by atoms with Gasteiger partial charge < -0.3 is 9.30 Å². The first-order chi connectivity index (χ1) is 11.6. The van der Waals surface area contributed by atoms with Crippen molar-refractivity contribution in [2.45, 2.75) is 27.4 Å². The van der Waals surface area contributed by atoms with Gasteiger partial charge in [-0.15, -0.1) is 11.3 Å². The van der Waals surface area contributed by atoms with Gasteiger partial charge in [0.05, 0.1) is 4.53 Å². The van der Waals surface area contributed by atoms with Crippen molar-refractivity contribution in [3.05, 3.63) is 49.4 Å². The first-order valence-electron chi connectivity index (χ1n) is 7.57. The van der Waals surface area contributed by atoms with Crippen LogP contribution in [-0.4, -0.2) is 17.0 Å². The monoisotopic (exact) mass is 367 g/mol. The summed E-state index contributed by atoms with van der Waals surface area (Å²) >= 11 is 1.13. The van der Waals surface area contributed by atoms with Crippen LogP contribution in [0.5, 0.6) is 5.75 Å². The third kappa shape index (κ3) is 4.63. The van der Waals surface area contributed by atoms with Crippen molar-refractivity contribution in [2.24, 2.45) is 12.5 Å². The third-order valence-electron chi connectivity index (χ3n) is 3.48. The molecule has 0 aliphatic rings. The highest BCUT2D eigenvalue weighted by Crippen LogP contribution is 2.20. The predicted octanol–water partition coefficient (Wildman–Crippen LogP) is 2.27. The minimum absolute atomic E-state index is 0.00995. The molecule has 0 aliphatic heterocycles. The number of alkyl halides is 2. The quantitative estimate of drug-likeness (QED) is 0.833. The lowest BCUT2D eigenvalue weighted by atomic mass is 9.91. The number of benzene rings is 1. The number of thiazole rings is 1. The zero-order valence-electron chi connectivity index (χ0n) is 14.4. The van der Waals surface area contributed by atoms with Gasteiger partial charge in [-0.05, 0) is 12.1 Å². The summed E-state index contributed by atoms with van der Waals surface area (Å²) in [6, 6.07) is 6.23. The van der Waals surface area contributed by atoms with Gasteiger partial charge in [-0.2, -0.15) is 8.78 Å². The molecular weight excluding hydrogens is 348 g/mol. The van der Waals surface area contributed by atoms with E-state index in [0.717, 1.165) is 11.3 Å². The predicted molar refractivity (Wildman–Crippen MR) is 94.4 cm³/mol. The van der Waals surface area contributed by atoms with Gasteiger partial charge >= 0.3 is 6.61 Å². The van der Waals surface area contributed by atoms with Crippen LogP contribution in [0.3, 0.4) is 0 Å². The van der Waals surface area contributed by atoms with E-state index in [4.69, 9.17) is 0 Å². The molecule has 0 bridgehead atoms. The van der Waals surface area contributed by atoms with Gasteiger partial charge in [0.15, 0.2) is 5.78 Å². The molecule has 1 heterocycles. The second-order valence-corrected chi connectivity index (χ2v) is 7.55. The van der Waals surface area contributed by atoms with E-state index >= 15 is 0 Å². The lowest BCUT2D eigenvalue weighted by Crippen LogP contribution is -2.30. The fraction of sp³-hybridized carbons (Fsp3) is 0.333. The summed E-state index contributed by atoms with van der Waals surface area (Å²) in [5.41, 5.74) is -0.484. The fourth-order valence-corrected chi connectivity index (χ4v) is 3.00. The molecule has 0 atom stereocenters. The number of hydrogen-bond acceptors (Lipinski definition) is 4. The molecule has 0 saturated carbocycles. The molecule has 2 aromatic rings. The number of carbonyl (C=O) groups is 1. The van der Waals surface area contributed by atoms with Crippen molar-refractivity contribution in [3.63, 3.8) is 0 Å². The Morgan fingerprint density at radius 1 is 1.28 bits per heavy atom. The molecule has 0 fully saturated rings. The van der Waals surface area contributed by atoms with Crippen LogP contribution in [-0.2, 0) is 11.8 Å². The second-order valence-electron chi connectivity index (χ2n) is 6.49. The maximum Gasteiger partial charge on any atom is 0.387 e. The SMILES string of the molecule is Cn1c(=O)/c(=C\c2ccccc2OC(F)F)s/c1=C\C(=O)C(C)(C)C. The van der Waals surface area contributed by atoms with Gasteiger partial charge in [0, 0.05) is 24.1 Å². The normalized spacial score (nSPS) is 13.6. The number of aromatic nitrogens is 1. The Balaban J connectivity index is 2.58. The van der Waals surface area contributed by atoms with Crippen molar-refractivity contribution in [2.75, 3.05) is 0 Å². The average molecular weight is 367 g/mol. The Bertz CT molecular complexity index is 952. The minimum atomic E-state index is -2.95. The van der Waals surface area contributed by atoms with Gasteiger partial charge in [0.1, 0.15) is 10.4 Å². The van der Waals surface area contributed by atoms with E-state index in [9.17, 15) is 18.4 Å². The number of ketones is 1. The van der Waals surface area contributed by atoms with Crippen molar-refractivity contribution >= 4 is 29.3 Å². The number of para-hydroxylation sites is 1. The molecule has 25 heavy (non-hydrogen) atoms. The van der Waals surface area contributed by atoms with Crippen molar-refractivity contribution < 1.29 is 18.3 Å². The summed E-state index contributed by atoms with van der Waals surface area (Å²) in [7, 11) is 1.57. The number of carbonyl (C=O) groups excluding carboxylic acids is 1. The molecule has 1 aromatic carbocycles. The van der Waals surface area contributed by atoms with Crippen LogP contribution in [0.1, 0.15) is 26.3 Å². The van der Waals surface area contributed by atoms with Crippen molar-refractivity contribution in [1.82, 2.24) is 4.57 Å². The summed E-state index contributed by atoms with van der Waals surface area (Å²) < 4.78 is 31.7. The molecule has 2 rings (SSSR count). The molecule has 0 radical (unpaired) electrons. The van der Waals surface area contributed by atoms with Gasteiger partial charge in [-0.1, -0.05) is 39.0 Å². The number of nitrogens with zero attached hydrogens (tertiary/aromatic N) is 1. The summed E-state index contributed by atoms with van der Waals surface area (Å²) in [5, 5.41) is 0. The molecule has 0 spiro atoms. The number of halogens is 2. The van der Waals surface area contributed by atoms with Crippen LogP contribution in [0.25, 0.3) is 12.2 Å². The highest BCUT2D eigenvalue weighted by molar-refractivity contribution is 7.07. The smallest absolute Gasteiger partial charge is 0.387 e. The molecule has 0 unspecified atom stereocenters. The van der Waals surface area contributed by atoms with Crippen LogP contribution in [0.2, 0.25) is 0 Å². The second kappa shape index (κ2) is 7.31. The van der Waals surface area contributed by atoms with E-state index in [2.05, 4.69) is 4.74 Å². The number of hydrogen-bond donors (Lipinski definition) is 0. The lowest BCUT2D eigenvalue weighted by Gasteiger charge is -2.12. The molecule has 7 heteroatoms. The Labute approximate surface area is 147 Å². The molecular formula is C18H19F2NO3S. The third-order valence-corrected chi connectivity index (χ3v) is 4.59. The number of Topliss-reactive ketones (excluding diaryl/α,β-unsaturated/α-hetero) is 1. The minimum Gasteiger partial charge on any atom is -0.434 e. The average Bonchev–Trinajstić information content (AvgIpc) is 2.76. The molecule has 0 saturated heterocycles. The van der Waals surface area contributed by atoms with Crippen LogP contribution < -0.4 is 19.5 Å². The van der Waals surface area contributed by atoms with Crippen molar-refractivity contribution in [1.29, 1.82) is 0 Å². The zero-order valence-corrected chi connectivity index (χ0v) is 15.2. The van der Waals surface area contributed by atoms with Gasteiger partial charge in [-0.3, -0.25) is 9.59 Å². The van der Waals surface area contributed by atoms with Crippen molar-refractivity contribution in [3.8, 4) is 5.75 Å². The molecule has 0 aliphatic carbocycles. The van der Waals surface area contributed by atoms with Gasteiger partial charge in [0.2, 0.25) is 0 Å². The summed E-state index contributed by atoms with van der Waals surface area (Å²) in [6.45, 7) is 2.43. The molecule has 1 aromatic heterocycles. The Morgan fingerprint density at radius 2 is 1.92 bits per heavy atom. The highest BCUT2D eigenvalue weighted by atomic mass is 32.1. The fourth-order valence-electron chi connectivity index (χ4n) is 1.98. The highest BCUT2D eigenvalue weighted by Gasteiger charge is 2.19. The van der Waals surface area contributed by atoms with Gasteiger partial charge in [0.25, 0.3) is 5.56 Å². The largest absolute Gasteiger partial charge is 0.434 e. The van der Waals surface area contributed by atoms with Gasteiger partial charge in [-0.25, -0.2) is 0 Å². The van der Waals surface area contributed by atoms with Crippen LogP contribution in [0.15, 0.2) is 29.1 Å². The number of rotatable bonds is 4. The maximum absolute atomic E-state index is 12.5. The van der Waals surface area contributed by atoms with Crippen LogP contribution in [0.4, 0.5) is 8.78 Å². The standard InChI is InChI=1S/C18H19F2NO3S/c1-18(2,3)14(22)10-15-21(4)16(23)13(25-15)9-11-7-5-6-8-12(11)24-17(19)20/h5-10,17H,1-4H3/b13-9+,15-10-. The molecule has 134 valence electrons. The summed E-state index contributed by atoms with van der Waals surface area (Å²) in [5.74, 6) is -0.110. The topological polar surface area (TPSA) is 48.3 Å². The first kappa shape index (κ1) is 19.1. The Kier molecular flexibility index (Phi) is 5.57. The summed E-state index contributed by atoms with van der Waals surface area (Å²) in [6.07, 6.45) is 2.93. The first-order valence-corrected chi connectivity index (χ1v) is 8.39. The zero-order chi connectivity index (χ0) is 18.8. The molecule has 0 N–H and O–H groups in total.